The molecule has 24 heavy (non-hydrogen) atoms. The van der Waals surface area contributed by atoms with E-state index < -0.39 is 5.97 Å². The molecule has 0 N–H and O–H groups in total. The van der Waals surface area contributed by atoms with E-state index in [9.17, 15) is 4.79 Å². The average Bonchev–Trinajstić information content (AvgIpc) is 2.59. The SMILES string of the molecule is O=C(OC[C@@H](I)C1CC[C@@H]2CCCC[C@H]2O1)c1ccc(Cl)cc1Cl. The first-order valence-electron chi connectivity index (χ1n) is 8.46. The summed E-state index contributed by atoms with van der Waals surface area (Å²) >= 11 is 14.2. The van der Waals surface area contributed by atoms with E-state index in [4.69, 9.17) is 32.7 Å². The fourth-order valence-corrected chi connectivity index (χ4v) is 4.81. The summed E-state index contributed by atoms with van der Waals surface area (Å²) in [6.45, 7) is 0.334. The molecule has 0 bridgehead atoms. The summed E-state index contributed by atoms with van der Waals surface area (Å²) in [5.41, 5.74) is 0.349. The molecule has 0 radical (unpaired) electrons. The second-order valence-electron chi connectivity index (χ2n) is 6.57. The van der Waals surface area contributed by atoms with Crippen LogP contribution in [-0.2, 0) is 9.47 Å². The minimum atomic E-state index is -0.412. The molecule has 0 spiro atoms. The van der Waals surface area contributed by atoms with Gasteiger partial charge in [-0.2, -0.15) is 0 Å². The Morgan fingerprint density at radius 1 is 1.25 bits per heavy atom. The van der Waals surface area contributed by atoms with Crippen LogP contribution in [0.2, 0.25) is 10.0 Å². The number of carbonyl (C=O) groups is 1. The van der Waals surface area contributed by atoms with Crippen molar-refractivity contribution in [2.75, 3.05) is 6.61 Å². The Hall–Kier alpha value is -0.0400. The Bertz CT molecular complexity index is 596. The lowest BCUT2D eigenvalue weighted by Crippen LogP contribution is -2.42. The van der Waals surface area contributed by atoms with E-state index in [0.717, 1.165) is 12.3 Å². The Kier molecular flexibility index (Phi) is 6.69. The van der Waals surface area contributed by atoms with Crippen LogP contribution >= 0.6 is 45.8 Å². The van der Waals surface area contributed by atoms with Crippen LogP contribution in [0.15, 0.2) is 18.2 Å². The lowest BCUT2D eigenvalue weighted by atomic mass is 9.80. The van der Waals surface area contributed by atoms with E-state index in [1.165, 1.54) is 32.1 Å². The van der Waals surface area contributed by atoms with Gasteiger partial charge in [-0.25, -0.2) is 4.79 Å². The van der Waals surface area contributed by atoms with Crippen LogP contribution in [0.25, 0.3) is 0 Å². The molecule has 1 unspecified atom stereocenters. The first-order chi connectivity index (χ1) is 11.5. The van der Waals surface area contributed by atoms with E-state index in [1.807, 2.05) is 0 Å². The molecular formula is C18H21Cl2IO3. The molecule has 1 saturated heterocycles. The third kappa shape index (κ3) is 4.57. The van der Waals surface area contributed by atoms with Crippen LogP contribution in [-0.4, -0.2) is 28.7 Å². The van der Waals surface area contributed by atoms with Crippen molar-refractivity contribution in [3.8, 4) is 0 Å². The summed E-state index contributed by atoms with van der Waals surface area (Å²) in [4.78, 5) is 12.2. The van der Waals surface area contributed by atoms with E-state index >= 15 is 0 Å². The normalized spacial score (nSPS) is 28.0. The predicted molar refractivity (Wildman–Crippen MR) is 104 cm³/mol. The fourth-order valence-electron chi connectivity index (χ4n) is 3.62. The zero-order valence-electron chi connectivity index (χ0n) is 13.3. The van der Waals surface area contributed by atoms with Gasteiger partial charge in [-0.05, 0) is 49.8 Å². The molecule has 3 rings (SSSR count). The van der Waals surface area contributed by atoms with Gasteiger partial charge >= 0.3 is 5.97 Å². The van der Waals surface area contributed by atoms with Gasteiger partial charge in [0.25, 0.3) is 0 Å². The molecule has 1 aromatic rings. The van der Waals surface area contributed by atoms with Gasteiger partial charge in [-0.15, -0.1) is 0 Å². The number of hydrogen-bond acceptors (Lipinski definition) is 3. The maximum atomic E-state index is 12.2. The molecule has 4 atom stereocenters. The molecular weight excluding hydrogens is 462 g/mol. The highest BCUT2D eigenvalue weighted by Gasteiger charge is 2.35. The number of hydrogen-bond donors (Lipinski definition) is 0. The van der Waals surface area contributed by atoms with Gasteiger partial charge < -0.3 is 9.47 Å². The van der Waals surface area contributed by atoms with Crippen molar-refractivity contribution in [3.63, 3.8) is 0 Å². The Balaban J connectivity index is 1.51. The number of esters is 1. The van der Waals surface area contributed by atoms with Crippen LogP contribution in [0, 0.1) is 5.92 Å². The van der Waals surface area contributed by atoms with E-state index in [2.05, 4.69) is 22.6 Å². The molecule has 6 heteroatoms. The lowest BCUT2D eigenvalue weighted by molar-refractivity contribution is -0.100. The van der Waals surface area contributed by atoms with E-state index in [1.54, 1.807) is 18.2 Å². The largest absolute Gasteiger partial charge is 0.461 e. The van der Waals surface area contributed by atoms with E-state index in [-0.39, 0.29) is 10.0 Å². The van der Waals surface area contributed by atoms with Crippen molar-refractivity contribution in [1.82, 2.24) is 0 Å². The maximum absolute atomic E-state index is 12.2. The average molecular weight is 483 g/mol. The molecule has 1 aliphatic heterocycles. The predicted octanol–water partition coefficient (Wildman–Crippen LogP) is 5.69. The lowest BCUT2D eigenvalue weighted by Gasteiger charge is -2.40. The van der Waals surface area contributed by atoms with Crippen molar-refractivity contribution < 1.29 is 14.3 Å². The van der Waals surface area contributed by atoms with Crippen LogP contribution < -0.4 is 0 Å². The second kappa shape index (κ2) is 8.56. The van der Waals surface area contributed by atoms with Crippen molar-refractivity contribution >= 4 is 51.8 Å². The Morgan fingerprint density at radius 2 is 2.04 bits per heavy atom. The first-order valence-corrected chi connectivity index (χ1v) is 10.5. The minimum absolute atomic E-state index is 0.153. The van der Waals surface area contributed by atoms with E-state index in [0.29, 0.717) is 28.3 Å². The van der Waals surface area contributed by atoms with Gasteiger partial charge in [0.15, 0.2) is 0 Å². The zero-order chi connectivity index (χ0) is 17.1. The number of fused-ring (bicyclic) bond motifs is 1. The maximum Gasteiger partial charge on any atom is 0.339 e. The van der Waals surface area contributed by atoms with Gasteiger partial charge in [-0.1, -0.05) is 58.6 Å². The van der Waals surface area contributed by atoms with Crippen LogP contribution in [0.4, 0.5) is 0 Å². The quantitative estimate of drug-likeness (QED) is 0.314. The minimum Gasteiger partial charge on any atom is -0.461 e. The third-order valence-electron chi connectivity index (χ3n) is 4.94. The van der Waals surface area contributed by atoms with Crippen molar-refractivity contribution in [2.24, 2.45) is 5.92 Å². The number of halogens is 3. The topological polar surface area (TPSA) is 35.5 Å². The van der Waals surface area contributed by atoms with Crippen molar-refractivity contribution in [1.29, 1.82) is 0 Å². The monoisotopic (exact) mass is 482 g/mol. The van der Waals surface area contributed by atoms with Gasteiger partial charge in [0.1, 0.15) is 6.61 Å². The smallest absolute Gasteiger partial charge is 0.339 e. The molecule has 1 aromatic carbocycles. The molecule has 0 amide bonds. The van der Waals surface area contributed by atoms with Gasteiger partial charge in [-0.3, -0.25) is 0 Å². The summed E-state index contributed by atoms with van der Waals surface area (Å²) in [5.74, 6) is 0.318. The molecule has 3 nitrogen and oxygen atoms in total. The molecule has 2 fully saturated rings. The molecule has 1 heterocycles. The van der Waals surface area contributed by atoms with Crippen LogP contribution in [0.5, 0.6) is 0 Å². The third-order valence-corrected chi connectivity index (χ3v) is 6.65. The molecule has 1 saturated carbocycles. The highest BCUT2D eigenvalue weighted by atomic mass is 127. The molecule has 132 valence electrons. The summed E-state index contributed by atoms with van der Waals surface area (Å²) < 4.78 is 11.9. The number of rotatable bonds is 4. The highest BCUT2D eigenvalue weighted by molar-refractivity contribution is 14.1. The summed E-state index contributed by atoms with van der Waals surface area (Å²) in [6, 6.07) is 4.78. The van der Waals surface area contributed by atoms with Crippen LogP contribution in [0.1, 0.15) is 48.9 Å². The van der Waals surface area contributed by atoms with Gasteiger partial charge in [0.2, 0.25) is 0 Å². The fraction of sp³-hybridized carbons (Fsp3) is 0.611. The van der Waals surface area contributed by atoms with Crippen LogP contribution in [0.3, 0.4) is 0 Å². The van der Waals surface area contributed by atoms with Gasteiger partial charge in [0.05, 0.1) is 26.7 Å². The summed E-state index contributed by atoms with van der Waals surface area (Å²) in [7, 11) is 0. The Morgan fingerprint density at radius 3 is 2.83 bits per heavy atom. The molecule has 0 aromatic heterocycles. The summed E-state index contributed by atoms with van der Waals surface area (Å²) in [6.07, 6.45) is 7.92. The Labute approximate surface area is 166 Å². The molecule has 2 aliphatic rings. The number of benzene rings is 1. The number of ether oxygens (including phenoxy) is 2. The van der Waals surface area contributed by atoms with Crippen molar-refractivity contribution in [2.45, 2.75) is 54.7 Å². The highest BCUT2D eigenvalue weighted by Crippen LogP contribution is 2.37. The standard InChI is InChI=1S/C18H21Cl2IO3/c19-12-6-7-13(14(20)9-12)18(22)23-10-15(21)17-8-5-11-3-1-2-4-16(11)24-17/h6-7,9,11,15-17H,1-5,8,10H2/t11-,15+,16+,17?/m0/s1. The second-order valence-corrected chi connectivity index (χ2v) is 9.02. The molecule has 1 aliphatic carbocycles. The first kappa shape index (κ1) is 18.7. The van der Waals surface area contributed by atoms with Crippen molar-refractivity contribution in [3.05, 3.63) is 33.8 Å². The zero-order valence-corrected chi connectivity index (χ0v) is 17.0. The summed E-state index contributed by atoms with van der Waals surface area (Å²) in [5, 5.41) is 0.817. The number of alkyl halides is 1. The number of carbonyl (C=O) groups excluding carboxylic acids is 1. The van der Waals surface area contributed by atoms with Gasteiger partial charge in [0, 0.05) is 5.02 Å².